The Morgan fingerprint density at radius 1 is 1.08 bits per heavy atom. The van der Waals surface area contributed by atoms with Crippen LogP contribution in [0.4, 0.5) is 0 Å². The van der Waals surface area contributed by atoms with E-state index in [0.717, 1.165) is 6.04 Å². The number of ether oxygens (including phenoxy) is 1. The molecule has 0 aromatic heterocycles. The van der Waals surface area contributed by atoms with E-state index in [0.29, 0.717) is 12.1 Å². The molecule has 0 aromatic carbocycles. The van der Waals surface area contributed by atoms with Gasteiger partial charge in [0, 0.05) is 19.2 Å². The molecule has 0 aliphatic heterocycles. The first-order valence-corrected chi connectivity index (χ1v) is 5.19. The summed E-state index contributed by atoms with van der Waals surface area (Å²) in [4.78, 5) is 0. The van der Waals surface area contributed by atoms with Crippen LogP contribution >= 0.6 is 0 Å². The first kappa shape index (κ1) is 8.52. The van der Waals surface area contributed by atoms with E-state index in [-0.39, 0.29) is 0 Å². The normalized spacial score (nSPS) is 36.8. The highest BCUT2D eigenvalue weighted by Crippen LogP contribution is 2.26. The highest BCUT2D eigenvalue weighted by molar-refractivity contribution is 4.89. The third kappa shape index (κ3) is 1.99. The lowest BCUT2D eigenvalue weighted by Crippen LogP contribution is -2.44. The number of rotatable bonds is 3. The average molecular weight is 169 g/mol. The smallest absolute Gasteiger partial charge is 0.0724 e. The van der Waals surface area contributed by atoms with Gasteiger partial charge in [-0.1, -0.05) is 12.8 Å². The zero-order chi connectivity index (χ0) is 8.39. The van der Waals surface area contributed by atoms with E-state index in [2.05, 4.69) is 5.32 Å². The lowest BCUT2D eigenvalue weighted by atomic mass is 9.92. The average Bonchev–Trinajstić information content (AvgIpc) is 2.89. The molecule has 12 heavy (non-hydrogen) atoms. The van der Waals surface area contributed by atoms with Gasteiger partial charge in [0.2, 0.25) is 0 Å². The fraction of sp³-hybridized carbons (Fsp3) is 1.00. The Balaban J connectivity index is 1.81. The maximum Gasteiger partial charge on any atom is 0.0724 e. The van der Waals surface area contributed by atoms with Gasteiger partial charge in [-0.3, -0.25) is 0 Å². The number of methoxy groups -OCH3 is 1. The van der Waals surface area contributed by atoms with Gasteiger partial charge < -0.3 is 10.1 Å². The van der Waals surface area contributed by atoms with Gasteiger partial charge in [-0.2, -0.15) is 0 Å². The molecule has 2 saturated carbocycles. The highest BCUT2D eigenvalue weighted by atomic mass is 16.5. The summed E-state index contributed by atoms with van der Waals surface area (Å²) in [5.41, 5.74) is 0. The van der Waals surface area contributed by atoms with Crippen LogP contribution in [0.15, 0.2) is 0 Å². The SMILES string of the molecule is COC1CCCCC1NC1CC1. The molecule has 2 fully saturated rings. The molecule has 2 atom stereocenters. The van der Waals surface area contributed by atoms with E-state index in [9.17, 15) is 0 Å². The first-order chi connectivity index (χ1) is 5.90. The molecule has 2 aliphatic carbocycles. The molecule has 0 aromatic rings. The zero-order valence-corrected chi connectivity index (χ0v) is 7.88. The van der Waals surface area contributed by atoms with Crippen LogP contribution in [0, 0.1) is 0 Å². The van der Waals surface area contributed by atoms with E-state index in [1.807, 2.05) is 7.11 Å². The highest BCUT2D eigenvalue weighted by Gasteiger charge is 2.30. The Labute approximate surface area is 74.7 Å². The number of nitrogens with one attached hydrogen (secondary N) is 1. The maximum absolute atomic E-state index is 5.47. The second-order valence-corrected chi connectivity index (χ2v) is 4.11. The summed E-state index contributed by atoms with van der Waals surface area (Å²) in [5.74, 6) is 0. The Kier molecular flexibility index (Phi) is 2.66. The van der Waals surface area contributed by atoms with Crippen molar-refractivity contribution in [1.82, 2.24) is 5.32 Å². The van der Waals surface area contributed by atoms with Crippen molar-refractivity contribution in [2.75, 3.05) is 7.11 Å². The summed E-state index contributed by atoms with van der Waals surface area (Å²) in [5, 5.41) is 3.67. The van der Waals surface area contributed by atoms with E-state index >= 15 is 0 Å². The summed E-state index contributed by atoms with van der Waals surface area (Å²) in [6.07, 6.45) is 8.54. The monoisotopic (exact) mass is 169 g/mol. The molecule has 2 unspecified atom stereocenters. The molecular weight excluding hydrogens is 150 g/mol. The minimum Gasteiger partial charge on any atom is -0.380 e. The van der Waals surface area contributed by atoms with Gasteiger partial charge in [-0.15, -0.1) is 0 Å². The van der Waals surface area contributed by atoms with Gasteiger partial charge >= 0.3 is 0 Å². The molecule has 70 valence electrons. The van der Waals surface area contributed by atoms with Crippen molar-refractivity contribution in [3.8, 4) is 0 Å². The summed E-state index contributed by atoms with van der Waals surface area (Å²) in [6.45, 7) is 0. The van der Waals surface area contributed by atoms with Crippen molar-refractivity contribution in [1.29, 1.82) is 0 Å². The van der Waals surface area contributed by atoms with Crippen molar-refractivity contribution in [3.05, 3.63) is 0 Å². The van der Waals surface area contributed by atoms with Gasteiger partial charge in [0.25, 0.3) is 0 Å². The fourth-order valence-electron chi connectivity index (χ4n) is 2.12. The molecule has 2 aliphatic rings. The van der Waals surface area contributed by atoms with E-state index in [1.54, 1.807) is 0 Å². The summed E-state index contributed by atoms with van der Waals surface area (Å²) in [7, 11) is 1.84. The fourth-order valence-corrected chi connectivity index (χ4v) is 2.12. The molecule has 0 heterocycles. The first-order valence-electron chi connectivity index (χ1n) is 5.19. The molecular formula is C10H19NO. The molecule has 2 nitrogen and oxygen atoms in total. The molecule has 0 spiro atoms. The van der Waals surface area contributed by atoms with Crippen molar-refractivity contribution >= 4 is 0 Å². The van der Waals surface area contributed by atoms with Gasteiger partial charge in [0.1, 0.15) is 0 Å². The predicted molar refractivity (Wildman–Crippen MR) is 49.2 cm³/mol. The summed E-state index contributed by atoms with van der Waals surface area (Å²) >= 11 is 0. The minimum absolute atomic E-state index is 0.486. The topological polar surface area (TPSA) is 21.3 Å². The molecule has 2 heteroatoms. The maximum atomic E-state index is 5.47. The molecule has 1 N–H and O–H groups in total. The lowest BCUT2D eigenvalue weighted by molar-refractivity contribution is 0.0412. The van der Waals surface area contributed by atoms with Gasteiger partial charge in [0.15, 0.2) is 0 Å². The Morgan fingerprint density at radius 3 is 2.50 bits per heavy atom. The van der Waals surface area contributed by atoms with Crippen LogP contribution in [0.25, 0.3) is 0 Å². The van der Waals surface area contributed by atoms with Crippen LogP contribution in [0.5, 0.6) is 0 Å². The van der Waals surface area contributed by atoms with Gasteiger partial charge in [-0.25, -0.2) is 0 Å². The predicted octanol–water partition coefficient (Wildman–Crippen LogP) is 1.70. The third-order valence-corrected chi connectivity index (χ3v) is 3.03. The van der Waals surface area contributed by atoms with Crippen LogP contribution in [-0.4, -0.2) is 25.3 Å². The van der Waals surface area contributed by atoms with Crippen molar-refractivity contribution in [2.24, 2.45) is 0 Å². The number of hydrogen-bond donors (Lipinski definition) is 1. The Bertz CT molecular complexity index is 145. The summed E-state index contributed by atoms with van der Waals surface area (Å²) in [6, 6.07) is 1.47. The Hall–Kier alpha value is -0.0800. The second-order valence-electron chi connectivity index (χ2n) is 4.11. The summed E-state index contributed by atoms with van der Waals surface area (Å²) < 4.78 is 5.47. The standard InChI is InChI=1S/C10H19NO/c1-12-10-5-3-2-4-9(10)11-8-6-7-8/h8-11H,2-7H2,1H3. The van der Waals surface area contributed by atoms with E-state index in [4.69, 9.17) is 4.74 Å². The van der Waals surface area contributed by atoms with Crippen LogP contribution in [0.2, 0.25) is 0 Å². The Morgan fingerprint density at radius 2 is 1.83 bits per heavy atom. The zero-order valence-electron chi connectivity index (χ0n) is 7.88. The van der Waals surface area contributed by atoms with Crippen LogP contribution in [0.1, 0.15) is 38.5 Å². The second kappa shape index (κ2) is 3.75. The lowest BCUT2D eigenvalue weighted by Gasteiger charge is -2.31. The van der Waals surface area contributed by atoms with Gasteiger partial charge in [-0.05, 0) is 25.7 Å². The van der Waals surface area contributed by atoms with E-state index < -0.39 is 0 Å². The van der Waals surface area contributed by atoms with Crippen molar-refractivity contribution < 1.29 is 4.74 Å². The largest absolute Gasteiger partial charge is 0.380 e. The molecule has 0 saturated heterocycles. The molecule has 0 bridgehead atoms. The van der Waals surface area contributed by atoms with Gasteiger partial charge in [0.05, 0.1) is 6.10 Å². The quantitative estimate of drug-likeness (QED) is 0.694. The van der Waals surface area contributed by atoms with Crippen molar-refractivity contribution in [3.63, 3.8) is 0 Å². The van der Waals surface area contributed by atoms with Crippen molar-refractivity contribution in [2.45, 2.75) is 56.7 Å². The minimum atomic E-state index is 0.486. The molecule has 0 amide bonds. The third-order valence-electron chi connectivity index (χ3n) is 3.03. The number of hydrogen-bond acceptors (Lipinski definition) is 2. The van der Waals surface area contributed by atoms with Crippen LogP contribution in [0.3, 0.4) is 0 Å². The van der Waals surface area contributed by atoms with Crippen LogP contribution in [-0.2, 0) is 4.74 Å². The molecule has 2 rings (SSSR count). The van der Waals surface area contributed by atoms with E-state index in [1.165, 1.54) is 38.5 Å². The van der Waals surface area contributed by atoms with Crippen LogP contribution < -0.4 is 5.32 Å². The molecule has 0 radical (unpaired) electrons.